The molecule has 0 spiro atoms. The van der Waals surface area contributed by atoms with Crippen LogP contribution in [0.4, 0.5) is 0 Å². The number of benzene rings is 2. The Labute approximate surface area is 149 Å². The second-order valence-electron chi connectivity index (χ2n) is 6.68. The lowest BCUT2D eigenvalue weighted by molar-refractivity contribution is 0.303. The molecule has 0 radical (unpaired) electrons. The van der Waals surface area contributed by atoms with Crippen molar-refractivity contribution in [3.8, 4) is 5.75 Å². The molecule has 25 heavy (non-hydrogen) atoms. The fourth-order valence-electron chi connectivity index (χ4n) is 3.10. The number of ether oxygens (including phenoxy) is 1. The Morgan fingerprint density at radius 2 is 1.84 bits per heavy atom. The van der Waals surface area contributed by atoms with Gasteiger partial charge in [0.05, 0.1) is 24.2 Å². The van der Waals surface area contributed by atoms with Crippen molar-refractivity contribution in [1.82, 2.24) is 9.55 Å². The summed E-state index contributed by atoms with van der Waals surface area (Å²) in [6.07, 6.45) is 2.04. The molecule has 132 valence electrons. The van der Waals surface area contributed by atoms with E-state index < -0.39 is 0 Å². The van der Waals surface area contributed by atoms with Gasteiger partial charge >= 0.3 is 0 Å². The average molecular weight is 337 g/mol. The molecule has 3 aromatic rings. The van der Waals surface area contributed by atoms with Gasteiger partial charge in [0.1, 0.15) is 11.6 Å². The maximum atomic E-state index is 5.90. The van der Waals surface area contributed by atoms with Crippen molar-refractivity contribution < 1.29 is 4.74 Å². The lowest BCUT2D eigenvalue weighted by Gasteiger charge is -2.10. The van der Waals surface area contributed by atoms with E-state index in [0.717, 1.165) is 43.1 Å². The van der Waals surface area contributed by atoms with Crippen molar-refractivity contribution in [2.24, 2.45) is 5.73 Å². The summed E-state index contributed by atoms with van der Waals surface area (Å²) < 4.78 is 8.09. The summed E-state index contributed by atoms with van der Waals surface area (Å²) in [7, 11) is 0. The van der Waals surface area contributed by atoms with Crippen LogP contribution in [0.1, 0.15) is 35.4 Å². The van der Waals surface area contributed by atoms with Crippen LogP contribution in [0.5, 0.6) is 5.75 Å². The van der Waals surface area contributed by atoms with Gasteiger partial charge in [-0.25, -0.2) is 4.98 Å². The zero-order chi connectivity index (χ0) is 17.8. The van der Waals surface area contributed by atoms with Crippen molar-refractivity contribution in [3.63, 3.8) is 0 Å². The lowest BCUT2D eigenvalue weighted by atomic mass is 10.1. The average Bonchev–Trinajstić information content (AvgIpc) is 2.92. The van der Waals surface area contributed by atoms with Crippen LogP contribution in [0.3, 0.4) is 0 Å². The first kappa shape index (κ1) is 17.5. The fourth-order valence-corrected chi connectivity index (χ4v) is 3.10. The summed E-state index contributed by atoms with van der Waals surface area (Å²) in [5.74, 6) is 1.90. The van der Waals surface area contributed by atoms with Gasteiger partial charge in [-0.2, -0.15) is 0 Å². The maximum Gasteiger partial charge on any atom is 0.123 e. The predicted molar refractivity (Wildman–Crippen MR) is 103 cm³/mol. The van der Waals surface area contributed by atoms with E-state index in [1.165, 1.54) is 22.2 Å². The smallest absolute Gasteiger partial charge is 0.123 e. The van der Waals surface area contributed by atoms with E-state index in [1.54, 1.807) is 0 Å². The van der Waals surface area contributed by atoms with Crippen LogP contribution >= 0.6 is 0 Å². The van der Waals surface area contributed by atoms with E-state index in [9.17, 15) is 0 Å². The second-order valence-corrected chi connectivity index (χ2v) is 6.68. The van der Waals surface area contributed by atoms with E-state index in [2.05, 4.69) is 49.6 Å². The van der Waals surface area contributed by atoms with Gasteiger partial charge in [-0.1, -0.05) is 12.1 Å². The number of rotatable bonds is 7. The molecule has 2 N–H and O–H groups in total. The first-order chi connectivity index (χ1) is 12.1. The second kappa shape index (κ2) is 7.70. The number of fused-ring (bicyclic) bond motifs is 1. The molecular weight excluding hydrogens is 310 g/mol. The molecule has 0 bridgehead atoms. The molecule has 0 amide bonds. The molecule has 0 aliphatic carbocycles. The molecular formula is C21H27N3O. The van der Waals surface area contributed by atoms with E-state index in [1.807, 2.05) is 12.1 Å². The highest BCUT2D eigenvalue weighted by atomic mass is 16.5. The third-order valence-electron chi connectivity index (χ3n) is 4.66. The zero-order valence-corrected chi connectivity index (χ0v) is 15.4. The molecule has 0 saturated heterocycles. The summed E-state index contributed by atoms with van der Waals surface area (Å²) in [5, 5.41) is 0. The van der Waals surface area contributed by atoms with Crippen molar-refractivity contribution in [3.05, 3.63) is 58.9 Å². The number of unbranched alkanes of at least 4 members (excludes halogenated alkanes) is 1. The Morgan fingerprint density at radius 1 is 1.04 bits per heavy atom. The van der Waals surface area contributed by atoms with Crippen LogP contribution in [-0.2, 0) is 13.1 Å². The maximum absolute atomic E-state index is 5.90. The topological polar surface area (TPSA) is 53.1 Å². The quantitative estimate of drug-likeness (QED) is 0.655. The molecule has 1 heterocycles. The first-order valence-electron chi connectivity index (χ1n) is 8.94. The standard InChI is InChI=1S/C21H27N3O/c1-15-7-6-8-18(11-15)25-10-5-4-9-24-20-13-17(3)16(2)12-19(20)23-21(24)14-22/h6-8,11-13H,4-5,9-10,14,22H2,1-3H3. The van der Waals surface area contributed by atoms with Crippen LogP contribution in [-0.4, -0.2) is 16.2 Å². The van der Waals surface area contributed by atoms with E-state index >= 15 is 0 Å². The molecule has 3 rings (SSSR count). The highest BCUT2D eigenvalue weighted by Gasteiger charge is 2.10. The van der Waals surface area contributed by atoms with E-state index in [4.69, 9.17) is 15.5 Å². The van der Waals surface area contributed by atoms with E-state index in [-0.39, 0.29) is 0 Å². The molecule has 0 aliphatic rings. The van der Waals surface area contributed by atoms with Gasteiger partial charge in [-0.3, -0.25) is 0 Å². The highest BCUT2D eigenvalue weighted by Crippen LogP contribution is 2.21. The zero-order valence-electron chi connectivity index (χ0n) is 15.4. The number of aryl methyl sites for hydroxylation is 4. The molecule has 0 aliphatic heterocycles. The summed E-state index contributed by atoms with van der Waals surface area (Å²) >= 11 is 0. The Bertz CT molecular complexity index is 867. The minimum Gasteiger partial charge on any atom is -0.494 e. The number of nitrogens with two attached hydrogens (primary N) is 1. The van der Waals surface area contributed by atoms with Crippen molar-refractivity contribution in [1.29, 1.82) is 0 Å². The third-order valence-corrected chi connectivity index (χ3v) is 4.66. The fraction of sp³-hybridized carbons (Fsp3) is 0.381. The predicted octanol–water partition coefficient (Wildman–Crippen LogP) is 4.28. The lowest BCUT2D eigenvalue weighted by Crippen LogP contribution is -2.09. The van der Waals surface area contributed by atoms with Crippen LogP contribution in [0, 0.1) is 20.8 Å². The van der Waals surface area contributed by atoms with Crippen LogP contribution in [0.25, 0.3) is 11.0 Å². The summed E-state index contributed by atoms with van der Waals surface area (Å²) in [4.78, 5) is 4.70. The minimum absolute atomic E-state index is 0.465. The Morgan fingerprint density at radius 3 is 2.60 bits per heavy atom. The number of imidazole rings is 1. The number of nitrogens with zero attached hydrogens (tertiary/aromatic N) is 2. The van der Waals surface area contributed by atoms with Gasteiger partial charge in [0.15, 0.2) is 0 Å². The number of aromatic nitrogens is 2. The van der Waals surface area contributed by atoms with E-state index in [0.29, 0.717) is 6.54 Å². The Balaban J connectivity index is 1.62. The molecule has 2 aromatic carbocycles. The Hall–Kier alpha value is -2.33. The molecule has 1 aromatic heterocycles. The van der Waals surface area contributed by atoms with Crippen molar-refractivity contribution >= 4 is 11.0 Å². The van der Waals surface area contributed by atoms with Crippen LogP contribution < -0.4 is 10.5 Å². The normalized spacial score (nSPS) is 11.2. The van der Waals surface area contributed by atoms with Gasteiger partial charge in [-0.15, -0.1) is 0 Å². The molecule has 0 fully saturated rings. The summed E-state index contributed by atoms with van der Waals surface area (Å²) in [6, 6.07) is 12.6. The summed E-state index contributed by atoms with van der Waals surface area (Å²) in [6.45, 7) is 8.46. The SMILES string of the molecule is Cc1cccc(OCCCCn2c(CN)nc3cc(C)c(C)cc32)c1. The number of hydrogen-bond acceptors (Lipinski definition) is 3. The van der Waals surface area contributed by atoms with Gasteiger partial charge in [0.2, 0.25) is 0 Å². The minimum atomic E-state index is 0.465. The highest BCUT2D eigenvalue weighted by molar-refractivity contribution is 5.78. The van der Waals surface area contributed by atoms with Gasteiger partial charge in [0.25, 0.3) is 0 Å². The van der Waals surface area contributed by atoms with Gasteiger partial charge < -0.3 is 15.0 Å². The van der Waals surface area contributed by atoms with Gasteiger partial charge in [0, 0.05) is 6.54 Å². The van der Waals surface area contributed by atoms with Crippen LogP contribution in [0.2, 0.25) is 0 Å². The Kier molecular flexibility index (Phi) is 5.39. The molecule has 0 unspecified atom stereocenters. The molecule has 4 heteroatoms. The summed E-state index contributed by atoms with van der Waals surface area (Å²) in [5.41, 5.74) is 11.9. The monoisotopic (exact) mass is 337 g/mol. The van der Waals surface area contributed by atoms with Crippen LogP contribution in [0.15, 0.2) is 36.4 Å². The third kappa shape index (κ3) is 4.02. The van der Waals surface area contributed by atoms with Crippen molar-refractivity contribution in [2.75, 3.05) is 6.61 Å². The largest absolute Gasteiger partial charge is 0.494 e. The first-order valence-corrected chi connectivity index (χ1v) is 8.94. The molecule has 0 atom stereocenters. The molecule has 4 nitrogen and oxygen atoms in total. The van der Waals surface area contributed by atoms with Crippen molar-refractivity contribution in [2.45, 2.75) is 46.7 Å². The molecule has 0 saturated carbocycles. The number of hydrogen-bond donors (Lipinski definition) is 1. The van der Waals surface area contributed by atoms with Gasteiger partial charge in [-0.05, 0) is 74.6 Å².